The minimum atomic E-state index is 0.418. The van der Waals surface area contributed by atoms with E-state index in [1.807, 2.05) is 12.3 Å². The topological polar surface area (TPSA) is 68.6 Å². The van der Waals surface area contributed by atoms with E-state index in [0.29, 0.717) is 5.69 Å². The number of pyridine rings is 2. The number of fused-ring (bicyclic) bond motifs is 3. The third-order valence-electron chi connectivity index (χ3n) is 5.84. The predicted octanol–water partition coefficient (Wildman–Crippen LogP) is 5.03. The number of benzene rings is 1. The predicted molar refractivity (Wildman–Crippen MR) is 115 cm³/mol. The van der Waals surface area contributed by atoms with Crippen molar-refractivity contribution in [2.24, 2.45) is 0 Å². The number of rotatable bonds is 3. The fourth-order valence-electron chi connectivity index (χ4n) is 4.25. The van der Waals surface area contributed by atoms with Gasteiger partial charge < -0.3 is 4.98 Å². The molecule has 0 unspecified atom stereocenters. The van der Waals surface area contributed by atoms with Gasteiger partial charge in [0.1, 0.15) is 17.4 Å². The molecular formula is C24H23N5. The van der Waals surface area contributed by atoms with Gasteiger partial charge in [-0.15, -0.1) is 0 Å². The highest BCUT2D eigenvalue weighted by atomic mass is 15.1. The zero-order valence-corrected chi connectivity index (χ0v) is 16.4. The molecule has 3 aromatic heterocycles. The molecule has 0 amide bonds. The van der Waals surface area contributed by atoms with Crippen LogP contribution in [0.1, 0.15) is 36.9 Å². The Balaban J connectivity index is 1.44. The molecule has 4 heterocycles. The summed E-state index contributed by atoms with van der Waals surface area (Å²) in [6.45, 7) is 3.45. The molecule has 5 heteroatoms. The van der Waals surface area contributed by atoms with Crippen molar-refractivity contribution < 1.29 is 0 Å². The first-order valence-electron chi connectivity index (χ1n) is 10.3. The molecule has 1 N–H and O–H groups in total. The lowest BCUT2D eigenvalue weighted by Gasteiger charge is -2.19. The van der Waals surface area contributed by atoms with Crippen molar-refractivity contribution in [2.45, 2.75) is 32.2 Å². The van der Waals surface area contributed by atoms with Crippen LogP contribution in [0.3, 0.4) is 0 Å². The Morgan fingerprint density at radius 1 is 0.897 bits per heavy atom. The van der Waals surface area contributed by atoms with Crippen molar-refractivity contribution in [1.82, 2.24) is 19.9 Å². The second-order valence-electron chi connectivity index (χ2n) is 7.86. The third-order valence-corrected chi connectivity index (χ3v) is 5.84. The zero-order chi connectivity index (χ0) is 19.6. The lowest BCUT2D eigenvalue weighted by atomic mass is 10.0. The van der Waals surface area contributed by atoms with Crippen molar-refractivity contribution in [3.63, 3.8) is 0 Å². The van der Waals surface area contributed by atoms with Gasteiger partial charge >= 0.3 is 0 Å². The highest BCUT2D eigenvalue weighted by Gasteiger charge is 2.11. The average molecular weight is 381 g/mol. The number of nitrogens with zero attached hydrogens (tertiary/aromatic N) is 4. The molecule has 0 radical (unpaired) electrons. The molecule has 0 spiro atoms. The van der Waals surface area contributed by atoms with Crippen LogP contribution in [0, 0.1) is 11.3 Å². The number of nitrogens with one attached hydrogen (secondary N) is 1. The summed E-state index contributed by atoms with van der Waals surface area (Å²) in [5.74, 6) is 0. The smallest absolute Gasteiger partial charge is 0.141 e. The first kappa shape index (κ1) is 17.8. The Kier molecular flexibility index (Phi) is 4.71. The van der Waals surface area contributed by atoms with Crippen LogP contribution in [-0.2, 0) is 6.54 Å². The first-order valence-corrected chi connectivity index (χ1v) is 10.3. The van der Waals surface area contributed by atoms with Gasteiger partial charge in [-0.3, -0.25) is 4.90 Å². The Morgan fingerprint density at radius 3 is 2.45 bits per heavy atom. The maximum absolute atomic E-state index is 9.16. The molecule has 5 nitrogen and oxygen atoms in total. The van der Waals surface area contributed by atoms with Crippen LogP contribution in [0.15, 0.2) is 48.8 Å². The van der Waals surface area contributed by atoms with E-state index in [1.54, 1.807) is 6.20 Å². The van der Waals surface area contributed by atoms with E-state index in [1.165, 1.54) is 44.3 Å². The van der Waals surface area contributed by atoms with Gasteiger partial charge in [-0.2, -0.15) is 5.26 Å². The van der Waals surface area contributed by atoms with Crippen LogP contribution in [0.25, 0.3) is 33.1 Å². The van der Waals surface area contributed by atoms with Crippen LogP contribution in [0.5, 0.6) is 0 Å². The largest absolute Gasteiger partial charge is 0.338 e. The van der Waals surface area contributed by atoms with Gasteiger partial charge in [0.2, 0.25) is 0 Å². The van der Waals surface area contributed by atoms with Gasteiger partial charge in [0.25, 0.3) is 0 Å². The van der Waals surface area contributed by atoms with E-state index in [0.717, 1.165) is 39.6 Å². The normalized spacial score (nSPS) is 15.4. The zero-order valence-electron chi connectivity index (χ0n) is 16.4. The molecule has 0 saturated carbocycles. The molecule has 29 heavy (non-hydrogen) atoms. The summed E-state index contributed by atoms with van der Waals surface area (Å²) < 4.78 is 0. The molecule has 0 bridgehead atoms. The summed E-state index contributed by atoms with van der Waals surface area (Å²) in [5.41, 5.74) is 5.73. The molecule has 0 aliphatic carbocycles. The fourth-order valence-corrected chi connectivity index (χ4v) is 4.25. The van der Waals surface area contributed by atoms with Gasteiger partial charge in [0.15, 0.2) is 0 Å². The maximum atomic E-state index is 9.16. The molecule has 1 saturated heterocycles. The van der Waals surface area contributed by atoms with Gasteiger partial charge in [-0.25, -0.2) is 9.97 Å². The second-order valence-corrected chi connectivity index (χ2v) is 7.86. The van der Waals surface area contributed by atoms with Crippen LogP contribution in [0.2, 0.25) is 0 Å². The van der Waals surface area contributed by atoms with Crippen molar-refractivity contribution in [3.8, 4) is 17.2 Å². The Hall–Kier alpha value is -3.23. The number of aromatic amines is 1. The van der Waals surface area contributed by atoms with Gasteiger partial charge in [0.05, 0.1) is 11.7 Å². The Morgan fingerprint density at radius 2 is 1.69 bits per heavy atom. The summed E-state index contributed by atoms with van der Waals surface area (Å²) >= 11 is 0. The number of hydrogen-bond acceptors (Lipinski definition) is 4. The molecule has 4 aromatic rings. The number of hydrogen-bond donors (Lipinski definition) is 1. The summed E-state index contributed by atoms with van der Waals surface area (Å²) in [6, 6.07) is 14.9. The van der Waals surface area contributed by atoms with Crippen molar-refractivity contribution in [2.75, 3.05) is 13.1 Å². The summed E-state index contributed by atoms with van der Waals surface area (Å²) in [6.07, 6.45) is 8.97. The minimum absolute atomic E-state index is 0.418. The summed E-state index contributed by atoms with van der Waals surface area (Å²) in [5, 5.41) is 11.2. The highest BCUT2D eigenvalue weighted by molar-refractivity contribution is 6.06. The number of H-pyrrole nitrogens is 1. The number of likely N-dealkylation sites (tertiary alicyclic amines) is 1. The van der Waals surface area contributed by atoms with E-state index in [4.69, 9.17) is 5.26 Å². The summed E-state index contributed by atoms with van der Waals surface area (Å²) in [7, 11) is 0. The lowest BCUT2D eigenvalue weighted by molar-refractivity contribution is 0.277. The third kappa shape index (κ3) is 3.59. The van der Waals surface area contributed by atoms with E-state index < -0.39 is 0 Å². The van der Waals surface area contributed by atoms with E-state index >= 15 is 0 Å². The SMILES string of the molecule is N#Cc1cc2c(cn1)[nH]c1ncc(-c3ccc(CN4CCCCCC4)cc3)cc12. The minimum Gasteiger partial charge on any atom is -0.338 e. The Bertz CT molecular complexity index is 1190. The van der Waals surface area contributed by atoms with Crippen LogP contribution < -0.4 is 0 Å². The fraction of sp³-hybridized carbons (Fsp3) is 0.292. The maximum Gasteiger partial charge on any atom is 0.141 e. The average Bonchev–Trinajstić information content (AvgIpc) is 2.92. The Labute approximate surface area is 170 Å². The highest BCUT2D eigenvalue weighted by Crippen LogP contribution is 2.29. The molecule has 1 fully saturated rings. The quantitative estimate of drug-likeness (QED) is 0.541. The molecule has 1 aliphatic heterocycles. The van der Waals surface area contributed by atoms with E-state index in [9.17, 15) is 0 Å². The molecule has 5 rings (SSSR count). The summed E-state index contributed by atoms with van der Waals surface area (Å²) in [4.78, 5) is 14.6. The van der Waals surface area contributed by atoms with Crippen LogP contribution >= 0.6 is 0 Å². The van der Waals surface area contributed by atoms with Crippen molar-refractivity contribution in [3.05, 3.63) is 60.0 Å². The van der Waals surface area contributed by atoms with Gasteiger partial charge in [-0.05, 0) is 49.2 Å². The van der Waals surface area contributed by atoms with Crippen molar-refractivity contribution in [1.29, 1.82) is 5.26 Å². The number of aromatic nitrogens is 3. The van der Waals surface area contributed by atoms with Gasteiger partial charge in [0, 0.05) is 29.1 Å². The monoisotopic (exact) mass is 381 g/mol. The first-order chi connectivity index (χ1) is 14.3. The van der Waals surface area contributed by atoms with E-state index in [-0.39, 0.29) is 0 Å². The standard InChI is InChI=1S/C24H23N5/c25-13-20-12-21-22-11-19(14-27-24(22)28-23(21)15-26-20)18-7-5-17(6-8-18)16-29-9-3-1-2-4-10-29/h5-8,11-12,14-15H,1-4,9-10,16H2,(H,27,28). The molecule has 144 valence electrons. The molecule has 1 aliphatic rings. The van der Waals surface area contributed by atoms with Crippen LogP contribution in [-0.4, -0.2) is 32.9 Å². The van der Waals surface area contributed by atoms with E-state index in [2.05, 4.69) is 56.3 Å². The lowest BCUT2D eigenvalue weighted by Crippen LogP contribution is -2.23. The molecule has 0 atom stereocenters. The molecule has 1 aromatic carbocycles. The van der Waals surface area contributed by atoms with Crippen molar-refractivity contribution >= 4 is 21.9 Å². The molecular weight excluding hydrogens is 358 g/mol. The van der Waals surface area contributed by atoms with Gasteiger partial charge in [-0.1, -0.05) is 37.1 Å². The van der Waals surface area contributed by atoms with Crippen LogP contribution in [0.4, 0.5) is 0 Å². The number of nitriles is 1. The second kappa shape index (κ2) is 7.65.